The van der Waals surface area contributed by atoms with Gasteiger partial charge in [0, 0.05) is 24.2 Å². The van der Waals surface area contributed by atoms with E-state index in [1.807, 2.05) is 6.20 Å². The minimum atomic E-state index is 0.280. The normalized spacial score (nSPS) is 28.7. The average Bonchev–Trinajstić information content (AvgIpc) is 3.17. The van der Waals surface area contributed by atoms with Gasteiger partial charge in [0.1, 0.15) is 12.2 Å². The molecule has 3 aliphatic rings. The number of H-pyrrole nitrogens is 1. The number of rotatable bonds is 3. The van der Waals surface area contributed by atoms with Gasteiger partial charge in [-0.15, -0.1) is 0 Å². The van der Waals surface area contributed by atoms with Crippen LogP contribution >= 0.6 is 0 Å². The summed E-state index contributed by atoms with van der Waals surface area (Å²) in [5, 5.41) is 10.7. The lowest BCUT2D eigenvalue weighted by Crippen LogP contribution is -2.38. The molecule has 6 heteroatoms. The first-order chi connectivity index (χ1) is 13.2. The van der Waals surface area contributed by atoms with Crippen molar-refractivity contribution in [2.75, 3.05) is 19.6 Å². The van der Waals surface area contributed by atoms with Gasteiger partial charge in [-0.1, -0.05) is 0 Å². The first-order valence-electron chi connectivity index (χ1n) is 10.2. The van der Waals surface area contributed by atoms with Crippen LogP contribution in [0.3, 0.4) is 0 Å². The second-order valence-electron chi connectivity index (χ2n) is 8.35. The van der Waals surface area contributed by atoms with Crippen LogP contribution in [0.5, 0.6) is 0 Å². The van der Waals surface area contributed by atoms with Gasteiger partial charge in [0.2, 0.25) is 0 Å². The molecule has 0 atom stereocenters. The summed E-state index contributed by atoms with van der Waals surface area (Å²) in [6.07, 6.45) is 10.8. The quantitative estimate of drug-likeness (QED) is 0.800. The highest BCUT2D eigenvalue weighted by Crippen LogP contribution is 2.40. The lowest BCUT2D eigenvalue weighted by Gasteiger charge is -2.36. The fourth-order valence-electron chi connectivity index (χ4n) is 4.97. The molecule has 1 saturated heterocycles. The molecule has 0 radical (unpaired) electrons. The summed E-state index contributed by atoms with van der Waals surface area (Å²) in [4.78, 5) is 10.1. The number of allylic oxidation sites excluding steroid dienone is 1. The Morgan fingerprint density at radius 1 is 1.26 bits per heavy atom. The number of aromatic amines is 1. The molecule has 2 fully saturated rings. The van der Waals surface area contributed by atoms with Crippen molar-refractivity contribution in [3.8, 4) is 6.07 Å². The van der Waals surface area contributed by atoms with Crippen LogP contribution in [0.1, 0.15) is 51.0 Å². The summed E-state index contributed by atoms with van der Waals surface area (Å²) in [6.45, 7) is 5.64. The predicted molar refractivity (Wildman–Crippen MR) is 108 cm³/mol. The number of piperidine rings is 1. The molecule has 3 N–H and O–H groups in total. The fourth-order valence-corrected chi connectivity index (χ4v) is 4.97. The van der Waals surface area contributed by atoms with E-state index in [0.29, 0.717) is 5.92 Å². The number of fused-ring (bicyclic) bond motifs is 1. The van der Waals surface area contributed by atoms with Crippen molar-refractivity contribution in [1.82, 2.24) is 14.9 Å². The second kappa shape index (κ2) is 7.87. The van der Waals surface area contributed by atoms with Gasteiger partial charge in [-0.25, -0.2) is 10.8 Å². The van der Waals surface area contributed by atoms with Crippen LogP contribution in [-0.4, -0.2) is 40.9 Å². The summed E-state index contributed by atoms with van der Waals surface area (Å²) in [6, 6.07) is 4.50. The minimum Gasteiger partial charge on any atom is -0.346 e. The lowest BCUT2D eigenvalue weighted by molar-refractivity contribution is 0.152. The zero-order chi connectivity index (χ0) is 18.8. The third-order valence-electron chi connectivity index (χ3n) is 6.67. The smallest absolute Gasteiger partial charge is 0.141 e. The van der Waals surface area contributed by atoms with Crippen LogP contribution in [-0.2, 0) is 0 Å². The van der Waals surface area contributed by atoms with Gasteiger partial charge in [-0.05, 0) is 82.0 Å². The van der Waals surface area contributed by atoms with E-state index < -0.39 is 0 Å². The average molecular weight is 367 g/mol. The Hall–Kier alpha value is -2.10. The highest BCUT2D eigenvalue weighted by Gasteiger charge is 2.29. The summed E-state index contributed by atoms with van der Waals surface area (Å²) < 4.78 is 0. The molecule has 3 heterocycles. The number of aromatic nitrogens is 1. The van der Waals surface area contributed by atoms with Crippen LogP contribution in [0.4, 0.5) is 5.82 Å². The van der Waals surface area contributed by atoms with Crippen molar-refractivity contribution >= 4 is 17.9 Å². The van der Waals surface area contributed by atoms with Crippen molar-refractivity contribution in [2.45, 2.75) is 45.4 Å². The predicted octanol–water partition coefficient (Wildman–Crippen LogP) is 3.64. The highest BCUT2D eigenvalue weighted by atomic mass is 15.4. The first kappa shape index (κ1) is 18.3. The monoisotopic (exact) mass is 366 g/mol. The summed E-state index contributed by atoms with van der Waals surface area (Å²) in [7, 11) is 0. The van der Waals surface area contributed by atoms with Gasteiger partial charge in [0.15, 0.2) is 0 Å². The maximum Gasteiger partial charge on any atom is 0.141 e. The number of nitrogens with zero attached hydrogens (tertiary/aromatic N) is 4. The Balaban J connectivity index is 1.36. The number of likely N-dealkylation sites (tertiary alicyclic amines) is 1. The summed E-state index contributed by atoms with van der Waals surface area (Å²) in [5.41, 5.74) is 3.61. The fraction of sp³-hybridized carbons (Fsp3) is 0.619. The number of hydrogen-bond donors (Lipinski definition) is 2. The lowest BCUT2D eigenvalue weighted by atomic mass is 9.77. The number of nitrogens with one attached hydrogen (secondary N) is 1. The van der Waals surface area contributed by atoms with Gasteiger partial charge in [0.25, 0.3) is 0 Å². The van der Waals surface area contributed by atoms with Gasteiger partial charge in [-0.2, -0.15) is 5.26 Å². The molecule has 0 bridgehead atoms. The van der Waals surface area contributed by atoms with E-state index in [1.54, 1.807) is 11.3 Å². The van der Waals surface area contributed by atoms with Gasteiger partial charge >= 0.3 is 0 Å². The van der Waals surface area contributed by atoms with E-state index in [-0.39, 0.29) is 5.92 Å². The molecule has 27 heavy (non-hydrogen) atoms. The molecule has 0 aromatic carbocycles. The van der Waals surface area contributed by atoms with Crippen LogP contribution in [0.25, 0.3) is 5.70 Å². The molecule has 1 aromatic rings. The Morgan fingerprint density at radius 3 is 2.70 bits per heavy atom. The molecule has 1 aromatic heterocycles. The topological polar surface area (TPSA) is 84.4 Å². The molecule has 1 saturated carbocycles. The molecule has 2 aliphatic heterocycles. The molecule has 1 aliphatic carbocycles. The Labute approximate surface area is 161 Å². The Morgan fingerprint density at radius 2 is 2.00 bits per heavy atom. The first-order valence-corrected chi connectivity index (χ1v) is 10.2. The van der Waals surface area contributed by atoms with E-state index >= 15 is 0 Å². The van der Waals surface area contributed by atoms with Crippen molar-refractivity contribution in [3.05, 3.63) is 23.4 Å². The van der Waals surface area contributed by atoms with E-state index in [9.17, 15) is 0 Å². The van der Waals surface area contributed by atoms with Crippen molar-refractivity contribution in [3.63, 3.8) is 0 Å². The molecule has 4 rings (SSSR count). The molecule has 0 spiro atoms. The Bertz CT molecular complexity index is 754. The van der Waals surface area contributed by atoms with Crippen LogP contribution < -0.4 is 5.84 Å². The SMILES string of the molecule is C/C(=C1/c2cc[nH]c2N=CN1N)[C@H]1CC[C@H](CN2CCC(C#N)CC2)CC1. The van der Waals surface area contributed by atoms with Crippen LogP contribution in [0.2, 0.25) is 0 Å². The van der Waals surface area contributed by atoms with Gasteiger partial charge < -0.3 is 9.88 Å². The molecule has 144 valence electrons. The summed E-state index contributed by atoms with van der Waals surface area (Å²) >= 11 is 0. The number of hydrogen-bond acceptors (Lipinski definition) is 5. The van der Waals surface area contributed by atoms with Gasteiger partial charge in [0.05, 0.1) is 11.8 Å². The zero-order valence-corrected chi connectivity index (χ0v) is 16.2. The maximum absolute atomic E-state index is 9.06. The van der Waals surface area contributed by atoms with E-state index in [2.05, 4.69) is 33.9 Å². The standard InChI is InChI=1S/C21H30N6/c1-15(20-19-6-9-24-21(19)25-14-27(20)23)18-4-2-17(3-5-18)13-26-10-7-16(12-22)8-11-26/h6,9,14,16-18,24H,2-5,7-8,10-11,13,23H2,1H3/b20-15+/t17-,18-. The van der Waals surface area contributed by atoms with Gasteiger partial charge in [-0.3, -0.25) is 5.01 Å². The molecular formula is C21H30N6. The third kappa shape index (κ3) is 3.80. The molecule has 0 unspecified atom stereocenters. The van der Waals surface area contributed by atoms with Crippen molar-refractivity contribution < 1.29 is 0 Å². The number of aliphatic imine (C=N–C) groups is 1. The van der Waals surface area contributed by atoms with E-state index in [1.165, 1.54) is 37.8 Å². The van der Waals surface area contributed by atoms with Crippen molar-refractivity contribution in [2.24, 2.45) is 28.6 Å². The Kier molecular flexibility index (Phi) is 5.33. The maximum atomic E-state index is 9.06. The van der Waals surface area contributed by atoms with Crippen molar-refractivity contribution in [1.29, 1.82) is 5.26 Å². The number of nitrogens with two attached hydrogens (primary N) is 1. The largest absolute Gasteiger partial charge is 0.346 e. The van der Waals surface area contributed by atoms with E-state index in [4.69, 9.17) is 11.1 Å². The number of nitriles is 1. The summed E-state index contributed by atoms with van der Waals surface area (Å²) in [5.74, 6) is 8.79. The molecular weight excluding hydrogens is 336 g/mol. The molecule has 0 amide bonds. The van der Waals surface area contributed by atoms with Crippen LogP contribution in [0, 0.1) is 29.1 Å². The molecule has 6 nitrogen and oxygen atoms in total. The highest BCUT2D eigenvalue weighted by molar-refractivity contribution is 5.86. The number of hydrazine groups is 1. The third-order valence-corrected chi connectivity index (χ3v) is 6.67. The van der Waals surface area contributed by atoms with E-state index in [0.717, 1.165) is 48.9 Å². The minimum absolute atomic E-state index is 0.280. The zero-order valence-electron chi connectivity index (χ0n) is 16.2. The van der Waals surface area contributed by atoms with Crippen LogP contribution in [0.15, 0.2) is 22.8 Å². The second-order valence-corrected chi connectivity index (χ2v) is 8.35.